The highest BCUT2D eigenvalue weighted by Crippen LogP contribution is 2.44. The van der Waals surface area contributed by atoms with Gasteiger partial charge in [0.05, 0.1) is 24.4 Å². The van der Waals surface area contributed by atoms with Crippen LogP contribution in [-0.4, -0.2) is 93.1 Å². The van der Waals surface area contributed by atoms with E-state index >= 15 is 0 Å². The first kappa shape index (κ1) is 47.2. The molecule has 0 amide bonds. The minimum atomic E-state index is -2.05. The van der Waals surface area contributed by atoms with E-state index in [-0.39, 0.29) is 58.4 Å². The van der Waals surface area contributed by atoms with E-state index in [0.29, 0.717) is 6.61 Å². The Labute approximate surface area is 320 Å². The largest absolute Gasteiger partial charge is 0.416 e. The molecule has 1 aliphatic rings. The van der Waals surface area contributed by atoms with Gasteiger partial charge in [-0.25, -0.2) is 0 Å². The lowest BCUT2D eigenvalue weighted by Gasteiger charge is -2.53. The molecular formula is C42H78O8Si2. The zero-order valence-electron chi connectivity index (χ0n) is 36.1. The fourth-order valence-corrected chi connectivity index (χ4v) is 9.14. The second-order valence-electron chi connectivity index (χ2n) is 18.3. The minimum absolute atomic E-state index is 0.0475. The molecule has 8 nitrogen and oxygen atoms in total. The third kappa shape index (κ3) is 12.0. The zero-order chi connectivity index (χ0) is 39.7. The monoisotopic (exact) mass is 767 g/mol. The number of ether oxygens (including phenoxy) is 5. The van der Waals surface area contributed by atoms with Gasteiger partial charge in [-0.15, -0.1) is 0 Å². The lowest BCUT2D eigenvalue weighted by molar-refractivity contribution is -0.367. The normalized spacial score (nSPS) is 26.7. The zero-order valence-corrected chi connectivity index (χ0v) is 38.1. The topological polar surface area (TPSA) is 84.8 Å². The molecule has 1 aliphatic heterocycles. The number of methoxy groups -OCH3 is 4. The molecule has 0 saturated carbocycles. The molecule has 52 heavy (non-hydrogen) atoms. The fraction of sp³-hybridized carbons (Fsp3) is 0.810. The van der Waals surface area contributed by atoms with E-state index in [1.165, 1.54) is 5.56 Å². The van der Waals surface area contributed by atoms with Gasteiger partial charge in [0.25, 0.3) is 0 Å². The first-order valence-electron chi connectivity index (χ1n) is 19.6. The van der Waals surface area contributed by atoms with Crippen LogP contribution in [0.2, 0.25) is 36.3 Å². The van der Waals surface area contributed by atoms with Crippen LogP contribution in [0.3, 0.4) is 0 Å². The summed E-state index contributed by atoms with van der Waals surface area (Å²) in [5, 5.41) is 12.4. The van der Waals surface area contributed by atoms with Gasteiger partial charge in [0, 0.05) is 52.8 Å². The van der Waals surface area contributed by atoms with Crippen LogP contribution in [0.1, 0.15) is 99.7 Å². The Morgan fingerprint density at radius 2 is 1.40 bits per heavy atom. The van der Waals surface area contributed by atoms with Crippen molar-refractivity contribution in [1.82, 2.24) is 0 Å². The molecule has 0 aliphatic carbocycles. The molecule has 10 atom stereocenters. The summed E-state index contributed by atoms with van der Waals surface area (Å²) in [5.41, 5.74) is 1.25. The Morgan fingerprint density at radius 1 is 0.827 bits per heavy atom. The van der Waals surface area contributed by atoms with E-state index in [1.54, 1.807) is 28.4 Å². The number of benzene rings is 1. The summed E-state index contributed by atoms with van der Waals surface area (Å²) >= 11 is 0. The predicted molar refractivity (Wildman–Crippen MR) is 219 cm³/mol. The molecule has 0 unspecified atom stereocenters. The van der Waals surface area contributed by atoms with Crippen molar-refractivity contribution in [2.45, 2.75) is 167 Å². The average Bonchev–Trinajstić information content (AvgIpc) is 3.07. The lowest BCUT2D eigenvalue weighted by Crippen LogP contribution is -2.67. The summed E-state index contributed by atoms with van der Waals surface area (Å²) in [4.78, 5) is 0. The van der Waals surface area contributed by atoms with Gasteiger partial charge in [-0.3, -0.25) is 0 Å². The summed E-state index contributed by atoms with van der Waals surface area (Å²) in [5.74, 6) is -2.05. The molecule has 0 bridgehead atoms. The smallest absolute Gasteiger partial charge is 0.199 e. The van der Waals surface area contributed by atoms with Crippen LogP contribution in [0.4, 0.5) is 0 Å². The number of hydrogen-bond donors (Lipinski definition) is 1. The molecule has 0 aromatic heterocycles. The summed E-state index contributed by atoms with van der Waals surface area (Å²) in [7, 11) is 2.78. The number of hydrogen-bond acceptors (Lipinski definition) is 8. The van der Waals surface area contributed by atoms with Gasteiger partial charge in [-0.1, -0.05) is 118 Å². The maximum absolute atomic E-state index is 12.3. The van der Waals surface area contributed by atoms with Crippen molar-refractivity contribution in [1.29, 1.82) is 0 Å². The van der Waals surface area contributed by atoms with Crippen molar-refractivity contribution >= 4 is 16.6 Å². The first-order valence-corrected chi connectivity index (χ1v) is 25.4. The maximum Gasteiger partial charge on any atom is 0.199 e. The number of rotatable bonds is 20. The summed E-state index contributed by atoms with van der Waals surface area (Å²) in [6, 6.07) is 10.6. The first-order chi connectivity index (χ1) is 24.0. The Balaban J connectivity index is 2.16. The van der Waals surface area contributed by atoms with Crippen molar-refractivity contribution in [3.05, 3.63) is 48.0 Å². The molecule has 0 spiro atoms. The standard InChI is InChI=1S/C42H78O8Si2/c1-30(37-32(3)38(46-12)39(47-13)42(43,49-37)31(2)29-48-51(14,15)40(4,5)6)27-28-36(45-11)35(44-10)26-22-21-25-34(33-23-19-18-20-24-33)50-52(16,17)41(7,8)9/h18-20,23-24,27-28,30-32,34-39,43H,21-22,25-26,29H2,1-17H3/b28-27+/t30-,31+,32+,34-,35-,36+,37-,38-,39+,42+/m0/s1. The van der Waals surface area contributed by atoms with Gasteiger partial charge in [0.2, 0.25) is 0 Å². The fourth-order valence-electron chi connectivity index (χ4n) is 6.72. The number of unbranched alkanes of at least 4 members (excludes halogenated alkanes) is 1. The van der Waals surface area contributed by atoms with Crippen molar-refractivity contribution in [2.75, 3.05) is 35.0 Å². The molecule has 1 aromatic rings. The van der Waals surface area contributed by atoms with Gasteiger partial charge in [0.1, 0.15) is 12.2 Å². The van der Waals surface area contributed by atoms with Crippen LogP contribution in [-0.2, 0) is 32.5 Å². The highest BCUT2D eigenvalue weighted by molar-refractivity contribution is 6.74. The Bertz CT molecular complexity index is 1200. The molecule has 1 saturated heterocycles. The third-order valence-corrected chi connectivity index (χ3v) is 21.5. The van der Waals surface area contributed by atoms with E-state index in [2.05, 4.69) is 124 Å². The quantitative estimate of drug-likeness (QED) is 0.0798. The Kier molecular flexibility index (Phi) is 18.0. The van der Waals surface area contributed by atoms with E-state index in [9.17, 15) is 5.11 Å². The van der Waals surface area contributed by atoms with Crippen LogP contribution < -0.4 is 0 Å². The molecule has 1 N–H and O–H groups in total. The highest BCUT2D eigenvalue weighted by Gasteiger charge is 2.57. The molecule has 302 valence electrons. The lowest BCUT2D eigenvalue weighted by atomic mass is 9.78. The van der Waals surface area contributed by atoms with Gasteiger partial charge >= 0.3 is 0 Å². The van der Waals surface area contributed by atoms with E-state index in [1.807, 2.05) is 6.92 Å². The van der Waals surface area contributed by atoms with Crippen LogP contribution in [0.5, 0.6) is 0 Å². The second kappa shape index (κ2) is 19.8. The van der Waals surface area contributed by atoms with Crippen molar-refractivity contribution < 1.29 is 37.6 Å². The van der Waals surface area contributed by atoms with E-state index in [0.717, 1.165) is 25.7 Å². The van der Waals surface area contributed by atoms with Gasteiger partial charge in [0.15, 0.2) is 22.4 Å². The molecule has 10 heteroatoms. The molecule has 1 heterocycles. The SMILES string of the molecule is CO[C@H]1[C@H](C)[C@H]([C@@H](C)/C=C/[C@@H](OC)[C@H](CCCC[C@H](O[Si](C)(C)C(C)(C)C)c2ccccc2)OC)O[C@](O)([C@H](C)CO[Si](C)(C)C(C)(C)C)[C@@H]1OC. The minimum Gasteiger partial charge on any atom is -0.416 e. The van der Waals surface area contributed by atoms with Crippen LogP contribution in [0.25, 0.3) is 0 Å². The van der Waals surface area contributed by atoms with Crippen LogP contribution in [0.15, 0.2) is 42.5 Å². The Morgan fingerprint density at radius 3 is 1.90 bits per heavy atom. The second-order valence-corrected chi connectivity index (χ2v) is 27.9. The Hall–Kier alpha value is -0.926. The molecule has 1 aromatic carbocycles. The molecular weight excluding hydrogens is 689 g/mol. The van der Waals surface area contributed by atoms with Gasteiger partial charge in [-0.05, 0) is 54.7 Å². The summed E-state index contributed by atoms with van der Waals surface area (Å²) < 4.78 is 44.1. The van der Waals surface area contributed by atoms with Crippen LogP contribution >= 0.6 is 0 Å². The van der Waals surface area contributed by atoms with E-state index < -0.39 is 28.5 Å². The molecule has 1 fully saturated rings. The van der Waals surface area contributed by atoms with Crippen molar-refractivity contribution in [3.8, 4) is 0 Å². The highest BCUT2D eigenvalue weighted by atomic mass is 28.4. The maximum atomic E-state index is 12.3. The summed E-state index contributed by atoms with van der Waals surface area (Å²) in [6.45, 7) is 29.2. The van der Waals surface area contributed by atoms with E-state index in [4.69, 9.17) is 32.5 Å². The van der Waals surface area contributed by atoms with Crippen molar-refractivity contribution in [3.63, 3.8) is 0 Å². The number of aliphatic hydroxyl groups is 1. The van der Waals surface area contributed by atoms with Crippen molar-refractivity contribution in [2.24, 2.45) is 17.8 Å². The average molecular weight is 767 g/mol. The summed E-state index contributed by atoms with van der Waals surface area (Å²) in [6.07, 6.45) is 6.42. The van der Waals surface area contributed by atoms with Gasteiger partial charge in [-0.2, -0.15) is 0 Å². The third-order valence-electron chi connectivity index (χ3n) is 12.5. The van der Waals surface area contributed by atoms with Crippen LogP contribution in [0, 0.1) is 17.8 Å². The molecule has 2 rings (SSSR count). The van der Waals surface area contributed by atoms with Gasteiger partial charge < -0.3 is 37.6 Å². The molecule has 0 radical (unpaired) electrons. The predicted octanol–water partition coefficient (Wildman–Crippen LogP) is 9.94.